The zero-order valence-electron chi connectivity index (χ0n) is 18.2. The molecule has 3 fully saturated rings. The summed E-state index contributed by atoms with van der Waals surface area (Å²) in [5.41, 5.74) is 0.498. The largest absolute Gasteiger partial charge is 0.339 e. The third-order valence-electron chi connectivity index (χ3n) is 6.97. The summed E-state index contributed by atoms with van der Waals surface area (Å²) in [6, 6.07) is 17.4. The van der Waals surface area contributed by atoms with Gasteiger partial charge in [-0.3, -0.25) is 9.69 Å². The van der Waals surface area contributed by atoms with Gasteiger partial charge in [-0.25, -0.2) is 17.9 Å². The quantitative estimate of drug-likeness (QED) is 0.698. The van der Waals surface area contributed by atoms with Gasteiger partial charge in [-0.2, -0.15) is 0 Å². The first-order chi connectivity index (χ1) is 15.9. The van der Waals surface area contributed by atoms with Crippen molar-refractivity contribution in [2.24, 2.45) is 0 Å². The lowest BCUT2D eigenvalue weighted by atomic mass is 9.84. The molecule has 2 aromatic carbocycles. The maximum atomic E-state index is 12.8. The molecule has 0 bridgehead atoms. The molecule has 2 aromatic rings. The van der Waals surface area contributed by atoms with Gasteiger partial charge in [-0.15, -0.1) is 0 Å². The van der Waals surface area contributed by atoms with Gasteiger partial charge in [0, 0.05) is 37.9 Å². The van der Waals surface area contributed by atoms with Crippen LogP contribution in [-0.2, 0) is 14.8 Å². The highest BCUT2D eigenvalue weighted by atomic mass is 32.2. The van der Waals surface area contributed by atoms with E-state index < -0.39 is 21.6 Å². The fourth-order valence-electron chi connectivity index (χ4n) is 4.98. The van der Waals surface area contributed by atoms with Crippen LogP contribution in [0.3, 0.4) is 0 Å². The topological polar surface area (TPSA) is 102 Å². The highest BCUT2D eigenvalue weighted by Crippen LogP contribution is 2.37. The SMILES string of the molecule is O=C(NS(=O)(=O)c1ccccc1)N1CC(N2CCC3(CC2)C(=O)NCN3c2ccccc2)C1. The molecule has 3 aliphatic rings. The number of piperidine rings is 1. The lowest BCUT2D eigenvalue weighted by molar-refractivity contribution is -0.125. The molecule has 0 unspecified atom stereocenters. The molecule has 0 aliphatic carbocycles. The predicted octanol–water partition coefficient (Wildman–Crippen LogP) is 1.20. The minimum atomic E-state index is -3.88. The maximum Gasteiger partial charge on any atom is 0.331 e. The summed E-state index contributed by atoms with van der Waals surface area (Å²) in [6.45, 7) is 2.95. The number of hydrogen-bond donors (Lipinski definition) is 2. The van der Waals surface area contributed by atoms with Gasteiger partial charge < -0.3 is 15.1 Å². The number of sulfonamides is 1. The third-order valence-corrected chi connectivity index (χ3v) is 8.31. The number of amides is 3. The first-order valence-electron chi connectivity index (χ1n) is 11.1. The average Bonchev–Trinajstić information content (AvgIpc) is 3.10. The molecule has 3 saturated heterocycles. The summed E-state index contributed by atoms with van der Waals surface area (Å²) in [4.78, 5) is 31.3. The van der Waals surface area contributed by atoms with Crippen LogP contribution in [0.15, 0.2) is 65.6 Å². The van der Waals surface area contributed by atoms with E-state index in [0.29, 0.717) is 32.6 Å². The van der Waals surface area contributed by atoms with Crippen molar-refractivity contribution >= 4 is 27.6 Å². The zero-order valence-corrected chi connectivity index (χ0v) is 19.0. The molecule has 9 nitrogen and oxygen atoms in total. The van der Waals surface area contributed by atoms with Gasteiger partial charge in [0.1, 0.15) is 5.54 Å². The van der Waals surface area contributed by atoms with Crippen LogP contribution < -0.4 is 14.9 Å². The van der Waals surface area contributed by atoms with E-state index in [-0.39, 0.29) is 16.8 Å². The number of anilines is 1. The summed E-state index contributed by atoms with van der Waals surface area (Å²) >= 11 is 0. The number of rotatable bonds is 4. The van der Waals surface area contributed by atoms with Crippen LogP contribution in [0.25, 0.3) is 0 Å². The Hall–Kier alpha value is -3.11. The molecular formula is C23H27N5O4S. The number of para-hydroxylation sites is 1. The number of carbonyl (C=O) groups is 2. The molecule has 3 aliphatic heterocycles. The molecule has 10 heteroatoms. The monoisotopic (exact) mass is 469 g/mol. The minimum Gasteiger partial charge on any atom is -0.339 e. The van der Waals surface area contributed by atoms with Crippen LogP contribution in [0.4, 0.5) is 10.5 Å². The molecule has 174 valence electrons. The average molecular weight is 470 g/mol. The molecular weight excluding hydrogens is 442 g/mol. The first-order valence-corrected chi connectivity index (χ1v) is 12.6. The van der Waals surface area contributed by atoms with Crippen LogP contribution in [0.1, 0.15) is 12.8 Å². The van der Waals surface area contributed by atoms with E-state index in [2.05, 4.69) is 19.8 Å². The molecule has 1 spiro atoms. The van der Waals surface area contributed by atoms with Gasteiger partial charge >= 0.3 is 6.03 Å². The number of urea groups is 1. The minimum absolute atomic E-state index is 0.0644. The van der Waals surface area contributed by atoms with Crippen LogP contribution in [-0.4, -0.2) is 74.6 Å². The van der Waals surface area contributed by atoms with Crippen molar-refractivity contribution in [3.63, 3.8) is 0 Å². The summed E-state index contributed by atoms with van der Waals surface area (Å²) < 4.78 is 26.9. The zero-order chi connectivity index (χ0) is 23.1. The molecule has 0 atom stereocenters. The molecule has 3 amide bonds. The van der Waals surface area contributed by atoms with Crippen molar-refractivity contribution in [1.29, 1.82) is 0 Å². The van der Waals surface area contributed by atoms with E-state index in [1.807, 2.05) is 30.3 Å². The van der Waals surface area contributed by atoms with Gasteiger partial charge in [0.15, 0.2) is 0 Å². The summed E-state index contributed by atoms with van der Waals surface area (Å²) in [5.74, 6) is 0.0757. The van der Waals surface area contributed by atoms with E-state index in [1.165, 1.54) is 17.0 Å². The molecule has 0 saturated carbocycles. The molecule has 33 heavy (non-hydrogen) atoms. The van der Waals surface area contributed by atoms with Gasteiger partial charge in [-0.1, -0.05) is 36.4 Å². The molecule has 3 heterocycles. The van der Waals surface area contributed by atoms with Crippen molar-refractivity contribution in [2.45, 2.75) is 29.3 Å². The second-order valence-electron chi connectivity index (χ2n) is 8.78. The van der Waals surface area contributed by atoms with Crippen LogP contribution in [0.2, 0.25) is 0 Å². The van der Waals surface area contributed by atoms with E-state index in [0.717, 1.165) is 18.8 Å². The highest BCUT2D eigenvalue weighted by molar-refractivity contribution is 7.90. The van der Waals surface area contributed by atoms with Gasteiger partial charge in [0.05, 0.1) is 11.6 Å². The van der Waals surface area contributed by atoms with E-state index >= 15 is 0 Å². The van der Waals surface area contributed by atoms with Crippen molar-refractivity contribution in [1.82, 2.24) is 19.8 Å². The summed E-state index contributed by atoms with van der Waals surface area (Å²) in [6.07, 6.45) is 1.41. The van der Waals surface area contributed by atoms with Crippen LogP contribution in [0.5, 0.6) is 0 Å². The molecule has 0 radical (unpaired) electrons. The number of hydrogen-bond acceptors (Lipinski definition) is 6. The van der Waals surface area contributed by atoms with Crippen LogP contribution in [0, 0.1) is 0 Å². The van der Waals surface area contributed by atoms with Gasteiger partial charge in [0.2, 0.25) is 5.91 Å². The standard InChI is InChI=1S/C23H27N5O4S/c29-21-23(28(17-24-21)18-7-3-1-4-8-18)11-13-26(14-12-23)19-15-27(16-19)22(30)25-33(31,32)20-9-5-2-6-10-20/h1-10,19H,11-17H2,(H,24,29)(H,25,30). The fourth-order valence-corrected chi connectivity index (χ4v) is 5.97. The normalized spacial score (nSPS) is 21.0. The number of carbonyl (C=O) groups excluding carboxylic acids is 2. The summed E-state index contributed by atoms with van der Waals surface area (Å²) in [7, 11) is -3.88. The van der Waals surface area contributed by atoms with E-state index in [1.54, 1.807) is 18.2 Å². The summed E-state index contributed by atoms with van der Waals surface area (Å²) in [5, 5.41) is 3.01. The number of likely N-dealkylation sites (tertiary alicyclic amines) is 2. The fraction of sp³-hybridized carbons (Fsp3) is 0.391. The second-order valence-corrected chi connectivity index (χ2v) is 10.5. The Labute approximate surface area is 193 Å². The molecule has 5 rings (SSSR count). The van der Waals surface area contributed by atoms with E-state index in [9.17, 15) is 18.0 Å². The number of nitrogens with zero attached hydrogens (tertiary/aromatic N) is 3. The second kappa shape index (κ2) is 8.35. The van der Waals surface area contributed by atoms with Gasteiger partial charge in [0.25, 0.3) is 10.0 Å². The number of nitrogens with one attached hydrogen (secondary N) is 2. The van der Waals surface area contributed by atoms with Crippen molar-refractivity contribution in [2.75, 3.05) is 37.7 Å². The number of benzene rings is 2. The lowest BCUT2D eigenvalue weighted by Gasteiger charge is -2.50. The third kappa shape index (κ3) is 3.93. The van der Waals surface area contributed by atoms with Crippen molar-refractivity contribution in [3.05, 3.63) is 60.7 Å². The Balaban J connectivity index is 1.16. The van der Waals surface area contributed by atoms with Crippen molar-refractivity contribution in [3.8, 4) is 0 Å². The molecule has 0 aromatic heterocycles. The lowest BCUT2D eigenvalue weighted by Crippen LogP contribution is -2.66. The Morgan fingerprint density at radius 2 is 1.58 bits per heavy atom. The van der Waals surface area contributed by atoms with Crippen LogP contribution >= 0.6 is 0 Å². The Morgan fingerprint density at radius 3 is 2.21 bits per heavy atom. The Bertz CT molecular complexity index is 1130. The molecule has 2 N–H and O–H groups in total. The maximum absolute atomic E-state index is 12.8. The van der Waals surface area contributed by atoms with Crippen molar-refractivity contribution < 1.29 is 18.0 Å². The Kier molecular flexibility index (Phi) is 5.49. The Morgan fingerprint density at radius 1 is 0.970 bits per heavy atom. The first kappa shape index (κ1) is 21.7. The van der Waals surface area contributed by atoms with E-state index in [4.69, 9.17) is 0 Å². The smallest absolute Gasteiger partial charge is 0.331 e. The predicted molar refractivity (Wildman–Crippen MR) is 123 cm³/mol. The highest BCUT2D eigenvalue weighted by Gasteiger charge is 2.51. The van der Waals surface area contributed by atoms with Gasteiger partial charge in [-0.05, 0) is 37.1 Å².